The Labute approximate surface area is 60.9 Å². The van der Waals surface area contributed by atoms with Gasteiger partial charge in [0.25, 0.3) is 0 Å². The van der Waals surface area contributed by atoms with Gasteiger partial charge in [0.05, 0.1) is 0 Å². The molecule has 1 rings (SSSR count). The Bertz CT molecular complexity index is 189. The highest BCUT2D eigenvalue weighted by molar-refractivity contribution is 4.99. The summed E-state index contributed by atoms with van der Waals surface area (Å²) in [4.78, 5) is 4.09. The number of hydrogen-bond acceptors (Lipinski definition) is 2. The van der Waals surface area contributed by atoms with E-state index in [0.717, 1.165) is 12.2 Å². The first-order valence-electron chi connectivity index (χ1n) is 3.52. The van der Waals surface area contributed by atoms with Gasteiger partial charge in [0.2, 0.25) is 0 Å². The van der Waals surface area contributed by atoms with Crippen molar-refractivity contribution >= 4 is 0 Å². The second-order valence-electron chi connectivity index (χ2n) is 3.07. The van der Waals surface area contributed by atoms with Crippen LogP contribution in [0.5, 0.6) is 0 Å². The van der Waals surface area contributed by atoms with Gasteiger partial charge in [-0.05, 0) is 6.42 Å². The Morgan fingerprint density at radius 1 is 1.60 bits per heavy atom. The molecule has 0 atom stereocenters. The van der Waals surface area contributed by atoms with Gasteiger partial charge < -0.3 is 0 Å². The summed E-state index contributed by atoms with van der Waals surface area (Å²) in [5.41, 5.74) is 0.135. The van der Waals surface area contributed by atoms with Crippen LogP contribution in [-0.2, 0) is 5.41 Å². The van der Waals surface area contributed by atoms with Crippen molar-refractivity contribution in [1.82, 2.24) is 15.2 Å². The van der Waals surface area contributed by atoms with Gasteiger partial charge in [-0.2, -0.15) is 5.10 Å². The monoisotopic (exact) mass is 139 g/mol. The van der Waals surface area contributed by atoms with Gasteiger partial charge in [0, 0.05) is 5.41 Å². The molecule has 1 heterocycles. The Kier molecular flexibility index (Phi) is 1.74. The standard InChI is InChI=1S/C7H13N3/c1-4-7(2,3)6-8-5-9-10-6/h5H,4H2,1-3H3,(H,8,9,10). The van der Waals surface area contributed by atoms with Gasteiger partial charge in [-0.1, -0.05) is 20.8 Å². The normalized spacial score (nSPS) is 11.9. The van der Waals surface area contributed by atoms with E-state index in [2.05, 4.69) is 36.0 Å². The maximum atomic E-state index is 4.09. The van der Waals surface area contributed by atoms with Crippen LogP contribution in [0.15, 0.2) is 6.33 Å². The van der Waals surface area contributed by atoms with E-state index in [-0.39, 0.29) is 5.41 Å². The minimum absolute atomic E-state index is 0.135. The van der Waals surface area contributed by atoms with Crippen LogP contribution in [0.1, 0.15) is 33.0 Å². The van der Waals surface area contributed by atoms with Crippen LogP contribution in [0.25, 0.3) is 0 Å². The number of nitrogens with one attached hydrogen (secondary N) is 1. The quantitative estimate of drug-likeness (QED) is 0.674. The molecule has 56 valence electrons. The Balaban J connectivity index is 2.85. The number of aromatic nitrogens is 3. The number of aromatic amines is 1. The summed E-state index contributed by atoms with van der Waals surface area (Å²) in [6.45, 7) is 6.43. The summed E-state index contributed by atoms with van der Waals surface area (Å²) in [6, 6.07) is 0. The van der Waals surface area contributed by atoms with E-state index in [1.165, 1.54) is 0 Å². The summed E-state index contributed by atoms with van der Waals surface area (Å²) in [5, 5.41) is 6.67. The molecule has 0 fully saturated rings. The lowest BCUT2D eigenvalue weighted by atomic mass is 9.90. The predicted octanol–water partition coefficient (Wildman–Crippen LogP) is 1.49. The molecule has 10 heavy (non-hydrogen) atoms. The van der Waals surface area contributed by atoms with Crippen molar-refractivity contribution in [3.05, 3.63) is 12.2 Å². The third-order valence-electron chi connectivity index (χ3n) is 1.94. The summed E-state index contributed by atoms with van der Waals surface area (Å²) < 4.78 is 0. The average molecular weight is 139 g/mol. The number of nitrogens with zero attached hydrogens (tertiary/aromatic N) is 2. The zero-order chi connectivity index (χ0) is 7.61. The summed E-state index contributed by atoms with van der Waals surface area (Å²) >= 11 is 0. The Hall–Kier alpha value is -0.860. The molecule has 0 saturated carbocycles. The zero-order valence-electron chi connectivity index (χ0n) is 6.68. The van der Waals surface area contributed by atoms with Gasteiger partial charge in [0.15, 0.2) is 0 Å². The molecule has 0 amide bonds. The molecule has 0 aliphatic rings. The fraction of sp³-hybridized carbons (Fsp3) is 0.714. The van der Waals surface area contributed by atoms with Crippen LogP contribution in [-0.4, -0.2) is 15.2 Å². The molecule has 3 nitrogen and oxygen atoms in total. The molecule has 0 unspecified atom stereocenters. The number of rotatable bonds is 2. The third-order valence-corrected chi connectivity index (χ3v) is 1.94. The van der Waals surface area contributed by atoms with Gasteiger partial charge in [-0.15, -0.1) is 0 Å². The second-order valence-corrected chi connectivity index (χ2v) is 3.07. The highest BCUT2D eigenvalue weighted by Gasteiger charge is 2.20. The molecule has 0 aliphatic carbocycles. The smallest absolute Gasteiger partial charge is 0.137 e. The first-order valence-corrected chi connectivity index (χ1v) is 3.52. The summed E-state index contributed by atoms with van der Waals surface area (Å²) in [7, 11) is 0. The van der Waals surface area contributed by atoms with Crippen molar-refractivity contribution in [2.45, 2.75) is 32.6 Å². The van der Waals surface area contributed by atoms with Crippen molar-refractivity contribution in [3.63, 3.8) is 0 Å². The predicted molar refractivity (Wildman–Crippen MR) is 39.7 cm³/mol. The maximum absolute atomic E-state index is 4.09. The fourth-order valence-electron chi connectivity index (χ4n) is 0.699. The van der Waals surface area contributed by atoms with Crippen LogP contribution in [0.2, 0.25) is 0 Å². The minimum Gasteiger partial charge on any atom is -0.263 e. The minimum atomic E-state index is 0.135. The molecule has 1 N–H and O–H groups in total. The lowest BCUT2D eigenvalue weighted by molar-refractivity contribution is 0.475. The lowest BCUT2D eigenvalue weighted by Crippen LogP contribution is -2.17. The number of H-pyrrole nitrogens is 1. The highest BCUT2D eigenvalue weighted by atomic mass is 15.2. The van der Waals surface area contributed by atoms with Crippen molar-refractivity contribution in [2.24, 2.45) is 0 Å². The van der Waals surface area contributed by atoms with Crippen LogP contribution in [0.4, 0.5) is 0 Å². The van der Waals surface area contributed by atoms with E-state index >= 15 is 0 Å². The second kappa shape index (κ2) is 2.40. The third kappa shape index (κ3) is 1.17. The lowest BCUT2D eigenvalue weighted by Gasteiger charge is -2.17. The van der Waals surface area contributed by atoms with Gasteiger partial charge in [-0.25, -0.2) is 4.98 Å². The molecule has 1 aromatic rings. The van der Waals surface area contributed by atoms with Crippen LogP contribution >= 0.6 is 0 Å². The van der Waals surface area contributed by atoms with E-state index < -0.39 is 0 Å². The number of hydrogen-bond donors (Lipinski definition) is 1. The topological polar surface area (TPSA) is 41.6 Å². The van der Waals surface area contributed by atoms with Crippen molar-refractivity contribution in [3.8, 4) is 0 Å². The first-order chi connectivity index (χ1) is 4.67. The van der Waals surface area contributed by atoms with Crippen molar-refractivity contribution < 1.29 is 0 Å². The van der Waals surface area contributed by atoms with Crippen LogP contribution in [0.3, 0.4) is 0 Å². The molecule has 0 bridgehead atoms. The fourth-order valence-corrected chi connectivity index (χ4v) is 0.699. The zero-order valence-corrected chi connectivity index (χ0v) is 6.68. The Morgan fingerprint density at radius 3 is 2.70 bits per heavy atom. The molecular formula is C7H13N3. The van der Waals surface area contributed by atoms with Crippen molar-refractivity contribution in [1.29, 1.82) is 0 Å². The first kappa shape index (κ1) is 7.25. The molecule has 0 aliphatic heterocycles. The summed E-state index contributed by atoms with van der Waals surface area (Å²) in [6.07, 6.45) is 2.62. The molecule has 1 aromatic heterocycles. The van der Waals surface area contributed by atoms with Crippen LogP contribution in [0, 0.1) is 0 Å². The molecule has 3 heteroatoms. The molecular weight excluding hydrogens is 126 g/mol. The van der Waals surface area contributed by atoms with Crippen LogP contribution < -0.4 is 0 Å². The van der Waals surface area contributed by atoms with Gasteiger partial charge in [0.1, 0.15) is 12.2 Å². The molecule has 0 spiro atoms. The van der Waals surface area contributed by atoms with Gasteiger partial charge in [-0.3, -0.25) is 5.10 Å². The molecule has 0 aromatic carbocycles. The highest BCUT2D eigenvalue weighted by Crippen LogP contribution is 2.21. The van der Waals surface area contributed by atoms with E-state index in [1.807, 2.05) is 0 Å². The SMILES string of the molecule is CCC(C)(C)c1ncn[nH]1. The Morgan fingerprint density at radius 2 is 2.30 bits per heavy atom. The molecule has 0 radical (unpaired) electrons. The van der Waals surface area contributed by atoms with Gasteiger partial charge >= 0.3 is 0 Å². The molecule has 0 saturated heterocycles. The van der Waals surface area contributed by atoms with E-state index in [4.69, 9.17) is 0 Å². The van der Waals surface area contributed by atoms with E-state index in [9.17, 15) is 0 Å². The average Bonchev–Trinajstić information content (AvgIpc) is 2.38. The summed E-state index contributed by atoms with van der Waals surface area (Å²) in [5.74, 6) is 0.968. The van der Waals surface area contributed by atoms with E-state index in [1.54, 1.807) is 6.33 Å². The van der Waals surface area contributed by atoms with E-state index in [0.29, 0.717) is 0 Å². The van der Waals surface area contributed by atoms with Crippen molar-refractivity contribution in [2.75, 3.05) is 0 Å². The maximum Gasteiger partial charge on any atom is 0.137 e. The largest absolute Gasteiger partial charge is 0.263 e.